The minimum atomic E-state index is -3.71. The summed E-state index contributed by atoms with van der Waals surface area (Å²) in [5.74, 6) is -1.25. The maximum atomic E-state index is 12.8. The van der Waals surface area contributed by atoms with Gasteiger partial charge in [-0.1, -0.05) is 18.2 Å². The van der Waals surface area contributed by atoms with Gasteiger partial charge in [-0.25, -0.2) is 18.2 Å². The lowest BCUT2D eigenvalue weighted by atomic mass is 9.96. The van der Waals surface area contributed by atoms with Gasteiger partial charge in [0.2, 0.25) is 5.95 Å². The third-order valence-electron chi connectivity index (χ3n) is 6.95. The first-order valence-corrected chi connectivity index (χ1v) is 14.2. The van der Waals surface area contributed by atoms with Crippen LogP contribution in [0.1, 0.15) is 30.5 Å². The van der Waals surface area contributed by atoms with Crippen molar-refractivity contribution in [1.29, 1.82) is 0 Å². The summed E-state index contributed by atoms with van der Waals surface area (Å²) >= 11 is 0. The van der Waals surface area contributed by atoms with Gasteiger partial charge < -0.3 is 25.7 Å². The minimum absolute atomic E-state index is 0.0529. The molecule has 0 bridgehead atoms. The van der Waals surface area contributed by atoms with E-state index in [-0.39, 0.29) is 39.4 Å². The van der Waals surface area contributed by atoms with Gasteiger partial charge in [-0.15, -0.1) is 0 Å². The zero-order chi connectivity index (χ0) is 28.5. The lowest BCUT2D eigenvalue weighted by molar-refractivity contribution is -0.137. The Morgan fingerprint density at radius 2 is 1.74 bits per heavy atom. The van der Waals surface area contributed by atoms with Gasteiger partial charge in [0.15, 0.2) is 21.1 Å². The lowest BCUT2D eigenvalue weighted by Crippen LogP contribution is -2.33. The van der Waals surface area contributed by atoms with E-state index >= 15 is 0 Å². The molecule has 0 aliphatic carbocycles. The van der Waals surface area contributed by atoms with Crippen molar-refractivity contribution in [1.82, 2.24) is 9.97 Å². The standard InChI is InChI=1S/C27H31N5O6S/c1-5-32(6-2)27-28-13-20(29-14-39(37,38)17-10-8-7-9-11-17)25(31-27)30-19(26(35)36)12-18-15(3)16(4)23(33)22-21(18)24(22)34/h7-11,13,19,29,33H,5-6,12,14H2,1-4H3,(H,35,36)(H,28,30,31). The Hall–Kier alpha value is -4.19. The highest BCUT2D eigenvalue weighted by Gasteiger charge is 2.30. The molecular formula is C27H31N5O6S. The normalized spacial score (nSPS) is 12.5. The van der Waals surface area contributed by atoms with E-state index in [9.17, 15) is 28.2 Å². The summed E-state index contributed by atoms with van der Waals surface area (Å²) in [6.45, 7) is 8.49. The minimum Gasteiger partial charge on any atom is -0.507 e. The highest BCUT2D eigenvalue weighted by molar-refractivity contribution is 7.91. The largest absolute Gasteiger partial charge is 0.507 e. The molecule has 0 saturated heterocycles. The molecule has 1 unspecified atom stereocenters. The summed E-state index contributed by atoms with van der Waals surface area (Å²) in [6.07, 6.45) is 1.37. The van der Waals surface area contributed by atoms with Crippen LogP contribution >= 0.6 is 0 Å². The number of aromatic hydroxyl groups is 1. The fourth-order valence-electron chi connectivity index (χ4n) is 4.44. The third kappa shape index (κ3) is 5.51. The molecule has 4 rings (SSSR count). The molecule has 1 heterocycles. The summed E-state index contributed by atoms with van der Waals surface area (Å²) in [7, 11) is -3.71. The Bertz CT molecular complexity index is 1640. The van der Waals surface area contributed by atoms with E-state index in [0.29, 0.717) is 41.1 Å². The van der Waals surface area contributed by atoms with Crippen molar-refractivity contribution in [3.05, 3.63) is 63.4 Å². The predicted molar refractivity (Wildman–Crippen MR) is 150 cm³/mol. The van der Waals surface area contributed by atoms with Crippen LogP contribution in [-0.2, 0) is 21.1 Å². The van der Waals surface area contributed by atoms with E-state index in [1.807, 2.05) is 18.7 Å². The van der Waals surface area contributed by atoms with Crippen LogP contribution in [0.4, 0.5) is 17.5 Å². The maximum absolute atomic E-state index is 12.8. The number of nitrogens with zero attached hydrogens (tertiary/aromatic N) is 3. The fourth-order valence-corrected chi connectivity index (χ4v) is 5.53. The number of phenols is 1. The van der Waals surface area contributed by atoms with Crippen LogP contribution in [0.25, 0.3) is 10.8 Å². The van der Waals surface area contributed by atoms with Gasteiger partial charge >= 0.3 is 5.97 Å². The molecule has 0 aliphatic heterocycles. The predicted octanol–water partition coefficient (Wildman–Crippen LogP) is 2.99. The van der Waals surface area contributed by atoms with Crippen LogP contribution in [-0.4, -0.2) is 59.6 Å². The number of fused-ring (bicyclic) bond motifs is 1. The quantitative estimate of drug-likeness (QED) is 0.204. The number of aliphatic carboxylic acids is 1. The smallest absolute Gasteiger partial charge is 0.326 e. The zero-order valence-electron chi connectivity index (χ0n) is 22.1. The van der Waals surface area contributed by atoms with Crippen LogP contribution in [0.15, 0.2) is 46.2 Å². The van der Waals surface area contributed by atoms with Gasteiger partial charge in [0.05, 0.1) is 22.2 Å². The topological polar surface area (TPSA) is 162 Å². The second-order valence-electron chi connectivity index (χ2n) is 9.25. The third-order valence-corrected chi connectivity index (χ3v) is 8.46. The Kier molecular flexibility index (Phi) is 7.77. The molecule has 0 saturated carbocycles. The van der Waals surface area contributed by atoms with E-state index in [4.69, 9.17) is 0 Å². The maximum Gasteiger partial charge on any atom is 0.326 e. The molecule has 12 heteroatoms. The second kappa shape index (κ2) is 10.9. The van der Waals surface area contributed by atoms with Crippen molar-refractivity contribution in [2.24, 2.45) is 0 Å². The molecule has 0 spiro atoms. The number of nitrogens with one attached hydrogen (secondary N) is 2. The molecule has 11 nitrogen and oxygen atoms in total. The highest BCUT2D eigenvalue weighted by atomic mass is 32.2. The Morgan fingerprint density at radius 1 is 1.08 bits per heavy atom. The molecule has 4 aromatic rings. The van der Waals surface area contributed by atoms with Gasteiger partial charge in [-0.2, -0.15) is 4.98 Å². The summed E-state index contributed by atoms with van der Waals surface area (Å²) in [4.78, 5) is 35.6. The first kappa shape index (κ1) is 27.8. The van der Waals surface area contributed by atoms with Crippen LogP contribution in [0.5, 0.6) is 5.75 Å². The second-order valence-corrected chi connectivity index (χ2v) is 11.2. The van der Waals surface area contributed by atoms with E-state index < -0.39 is 27.7 Å². The van der Waals surface area contributed by atoms with E-state index in [0.717, 1.165) is 0 Å². The summed E-state index contributed by atoms with van der Waals surface area (Å²) in [6, 6.07) is 6.75. The van der Waals surface area contributed by atoms with Crippen LogP contribution in [0.2, 0.25) is 0 Å². The monoisotopic (exact) mass is 553 g/mol. The molecule has 39 heavy (non-hydrogen) atoms. The summed E-state index contributed by atoms with van der Waals surface area (Å²) in [5.41, 5.74) is 1.63. The number of anilines is 3. The number of hydrogen-bond acceptors (Lipinski definition) is 10. The van der Waals surface area contributed by atoms with Crippen molar-refractivity contribution in [2.75, 3.05) is 34.5 Å². The molecule has 0 amide bonds. The highest BCUT2D eigenvalue weighted by Crippen LogP contribution is 2.37. The first-order valence-electron chi connectivity index (χ1n) is 12.5. The molecule has 1 aromatic heterocycles. The van der Waals surface area contributed by atoms with Crippen LogP contribution in [0, 0.1) is 13.8 Å². The number of carbonyl (C=O) groups is 1. The van der Waals surface area contributed by atoms with Crippen molar-refractivity contribution < 1.29 is 23.4 Å². The average Bonchev–Trinajstić information content (AvgIpc) is 3.60. The van der Waals surface area contributed by atoms with Gasteiger partial charge in [-0.05, 0) is 56.5 Å². The van der Waals surface area contributed by atoms with Gasteiger partial charge in [0, 0.05) is 24.9 Å². The Morgan fingerprint density at radius 3 is 2.36 bits per heavy atom. The van der Waals surface area contributed by atoms with E-state index in [2.05, 4.69) is 20.6 Å². The summed E-state index contributed by atoms with van der Waals surface area (Å²) < 4.78 is 25.7. The number of carboxylic acid groups (broad SMARTS) is 1. The average molecular weight is 554 g/mol. The lowest BCUT2D eigenvalue weighted by Gasteiger charge is -2.23. The van der Waals surface area contributed by atoms with Crippen molar-refractivity contribution in [3.63, 3.8) is 0 Å². The fraction of sp³-hybridized carbons (Fsp3) is 0.333. The Balaban J connectivity index is 1.68. The molecule has 4 N–H and O–H groups in total. The number of hydrogen-bond donors (Lipinski definition) is 4. The first-order chi connectivity index (χ1) is 18.5. The number of benzene rings is 2. The van der Waals surface area contributed by atoms with Gasteiger partial charge in [-0.3, -0.25) is 4.79 Å². The number of sulfone groups is 1. The number of carboxylic acids is 1. The zero-order valence-corrected chi connectivity index (χ0v) is 23.0. The van der Waals surface area contributed by atoms with E-state index in [1.165, 1.54) is 18.3 Å². The SMILES string of the molecule is CCN(CC)c1ncc(NCS(=O)(=O)c2ccccc2)c(NC(Cc2c(C)c(C)c(O)c3c(=O)c23)C(=O)O)n1. The molecule has 206 valence electrons. The molecule has 0 aliphatic rings. The van der Waals surface area contributed by atoms with Crippen molar-refractivity contribution >= 4 is 44.0 Å². The molecule has 0 radical (unpaired) electrons. The Labute approximate surface area is 226 Å². The van der Waals surface area contributed by atoms with Gasteiger partial charge in [0.25, 0.3) is 0 Å². The van der Waals surface area contributed by atoms with Crippen molar-refractivity contribution in [3.8, 4) is 5.75 Å². The van der Waals surface area contributed by atoms with Crippen molar-refractivity contribution in [2.45, 2.75) is 45.1 Å². The van der Waals surface area contributed by atoms with Crippen LogP contribution in [0.3, 0.4) is 0 Å². The van der Waals surface area contributed by atoms with E-state index in [1.54, 1.807) is 32.0 Å². The molecule has 0 fully saturated rings. The summed E-state index contributed by atoms with van der Waals surface area (Å²) in [5, 5.41) is 26.7. The molecular weight excluding hydrogens is 522 g/mol. The number of rotatable bonds is 12. The number of aromatic nitrogens is 2. The van der Waals surface area contributed by atoms with Gasteiger partial charge in [0.1, 0.15) is 17.7 Å². The number of phenolic OH excluding ortho intramolecular Hbond substituents is 1. The molecule has 3 aromatic carbocycles. The van der Waals surface area contributed by atoms with Crippen LogP contribution < -0.4 is 21.0 Å². The molecule has 1 atom stereocenters.